The van der Waals surface area contributed by atoms with Crippen LogP contribution in [0, 0.1) is 19.7 Å². The molecule has 0 aliphatic carbocycles. The summed E-state index contributed by atoms with van der Waals surface area (Å²) < 4.78 is 40.5. The molecule has 0 saturated heterocycles. The first kappa shape index (κ1) is 15.7. The van der Waals surface area contributed by atoms with Gasteiger partial charge in [0.1, 0.15) is 5.82 Å². The molecule has 0 aromatic heterocycles. The van der Waals surface area contributed by atoms with Crippen LogP contribution in [-0.4, -0.2) is 8.42 Å². The first-order chi connectivity index (χ1) is 9.79. The zero-order chi connectivity index (χ0) is 15.6. The third-order valence-electron chi connectivity index (χ3n) is 3.34. The lowest BCUT2D eigenvalue weighted by molar-refractivity contribution is 0.565. The normalized spacial score (nSPS) is 13.1. The van der Waals surface area contributed by atoms with Crippen molar-refractivity contribution in [2.24, 2.45) is 0 Å². The average molecular weight is 307 g/mol. The van der Waals surface area contributed by atoms with E-state index >= 15 is 0 Å². The van der Waals surface area contributed by atoms with Crippen LogP contribution < -0.4 is 4.72 Å². The SMILES string of the molecule is Cc1ccc(C)c(S(=O)(=O)N[C@H](C)c2ccc(F)cc2)c1. The summed E-state index contributed by atoms with van der Waals surface area (Å²) in [7, 11) is -3.61. The summed E-state index contributed by atoms with van der Waals surface area (Å²) in [5.74, 6) is -0.344. The molecule has 0 radical (unpaired) electrons. The van der Waals surface area contributed by atoms with Crippen molar-refractivity contribution in [3.63, 3.8) is 0 Å². The fraction of sp³-hybridized carbons (Fsp3) is 0.250. The summed E-state index contributed by atoms with van der Waals surface area (Å²) in [6.45, 7) is 5.34. The Kier molecular flexibility index (Phi) is 4.44. The molecule has 0 unspecified atom stereocenters. The Hall–Kier alpha value is -1.72. The lowest BCUT2D eigenvalue weighted by atomic mass is 10.1. The van der Waals surface area contributed by atoms with Crippen molar-refractivity contribution in [1.82, 2.24) is 4.72 Å². The molecule has 0 amide bonds. The Bertz CT molecular complexity index is 739. The minimum Gasteiger partial charge on any atom is -0.207 e. The molecule has 3 nitrogen and oxygen atoms in total. The maximum Gasteiger partial charge on any atom is 0.241 e. The number of hydrogen-bond acceptors (Lipinski definition) is 2. The van der Waals surface area contributed by atoms with Crippen molar-refractivity contribution in [1.29, 1.82) is 0 Å². The van der Waals surface area contributed by atoms with Gasteiger partial charge in [-0.1, -0.05) is 24.3 Å². The predicted molar refractivity (Wildman–Crippen MR) is 81.1 cm³/mol. The number of hydrogen-bond donors (Lipinski definition) is 1. The van der Waals surface area contributed by atoms with Crippen molar-refractivity contribution >= 4 is 10.0 Å². The molecule has 1 atom stereocenters. The monoisotopic (exact) mass is 307 g/mol. The van der Waals surface area contributed by atoms with Crippen LogP contribution in [0.15, 0.2) is 47.4 Å². The van der Waals surface area contributed by atoms with E-state index < -0.39 is 16.1 Å². The van der Waals surface area contributed by atoms with Gasteiger partial charge in [-0.15, -0.1) is 0 Å². The van der Waals surface area contributed by atoms with Gasteiger partial charge in [0.05, 0.1) is 4.90 Å². The van der Waals surface area contributed by atoms with Gasteiger partial charge >= 0.3 is 0 Å². The molecule has 0 saturated carbocycles. The first-order valence-corrected chi connectivity index (χ1v) is 8.13. The fourth-order valence-electron chi connectivity index (χ4n) is 2.11. The maximum atomic E-state index is 12.9. The van der Waals surface area contributed by atoms with Gasteiger partial charge in [-0.05, 0) is 55.7 Å². The van der Waals surface area contributed by atoms with Gasteiger partial charge in [0, 0.05) is 6.04 Å². The number of halogens is 1. The van der Waals surface area contributed by atoms with Gasteiger partial charge in [0.2, 0.25) is 10.0 Å². The van der Waals surface area contributed by atoms with E-state index in [1.165, 1.54) is 12.1 Å². The standard InChI is InChI=1S/C16H18FNO2S/c1-11-4-5-12(2)16(10-11)21(19,20)18-13(3)14-6-8-15(17)9-7-14/h4-10,13,18H,1-3H3/t13-/m1/s1. The van der Waals surface area contributed by atoms with Crippen LogP contribution in [0.1, 0.15) is 29.7 Å². The highest BCUT2D eigenvalue weighted by Crippen LogP contribution is 2.20. The second-order valence-corrected chi connectivity index (χ2v) is 6.85. The number of benzene rings is 2. The van der Waals surface area contributed by atoms with E-state index in [1.54, 1.807) is 38.1 Å². The molecule has 2 aromatic rings. The van der Waals surface area contributed by atoms with Crippen LogP contribution in [0.5, 0.6) is 0 Å². The average Bonchev–Trinajstić information content (AvgIpc) is 2.41. The van der Waals surface area contributed by atoms with Crippen LogP contribution in [0.4, 0.5) is 4.39 Å². The van der Waals surface area contributed by atoms with Crippen LogP contribution >= 0.6 is 0 Å². The molecule has 21 heavy (non-hydrogen) atoms. The van der Waals surface area contributed by atoms with Gasteiger partial charge in [-0.3, -0.25) is 0 Å². The summed E-state index contributed by atoms with van der Waals surface area (Å²) in [4.78, 5) is 0.275. The summed E-state index contributed by atoms with van der Waals surface area (Å²) >= 11 is 0. The minimum absolute atomic E-state index is 0.275. The van der Waals surface area contributed by atoms with Crippen molar-refractivity contribution < 1.29 is 12.8 Å². The molecule has 5 heteroatoms. The van der Waals surface area contributed by atoms with Crippen LogP contribution in [-0.2, 0) is 10.0 Å². The Balaban J connectivity index is 2.28. The Morgan fingerprint density at radius 2 is 1.67 bits per heavy atom. The molecule has 0 fully saturated rings. The molecule has 2 rings (SSSR count). The molecule has 0 spiro atoms. The molecular weight excluding hydrogens is 289 g/mol. The van der Waals surface area contributed by atoms with Crippen molar-refractivity contribution in [2.45, 2.75) is 31.7 Å². The third-order valence-corrected chi connectivity index (χ3v) is 5.02. The number of aryl methyl sites for hydroxylation is 2. The molecule has 0 bridgehead atoms. The van der Waals surface area contributed by atoms with Gasteiger partial charge < -0.3 is 0 Å². The summed E-state index contributed by atoms with van der Waals surface area (Å²) in [5.41, 5.74) is 2.29. The number of sulfonamides is 1. The minimum atomic E-state index is -3.61. The van der Waals surface area contributed by atoms with Gasteiger partial charge in [-0.2, -0.15) is 0 Å². The summed E-state index contributed by atoms with van der Waals surface area (Å²) in [6.07, 6.45) is 0. The largest absolute Gasteiger partial charge is 0.241 e. The van der Waals surface area contributed by atoms with Crippen molar-refractivity contribution in [3.8, 4) is 0 Å². The van der Waals surface area contributed by atoms with Gasteiger partial charge in [0.15, 0.2) is 0 Å². The highest BCUT2D eigenvalue weighted by molar-refractivity contribution is 7.89. The van der Waals surface area contributed by atoms with Crippen LogP contribution in [0.25, 0.3) is 0 Å². The quantitative estimate of drug-likeness (QED) is 0.940. The Morgan fingerprint density at radius 1 is 1.05 bits per heavy atom. The smallest absolute Gasteiger partial charge is 0.207 e. The highest BCUT2D eigenvalue weighted by Gasteiger charge is 2.20. The summed E-state index contributed by atoms with van der Waals surface area (Å²) in [5, 5.41) is 0. The molecule has 2 aromatic carbocycles. The van der Waals surface area contributed by atoms with Crippen molar-refractivity contribution in [2.75, 3.05) is 0 Å². The molecule has 0 aliphatic rings. The molecule has 0 heterocycles. The number of nitrogens with one attached hydrogen (secondary N) is 1. The van der Waals surface area contributed by atoms with Crippen LogP contribution in [0.3, 0.4) is 0 Å². The first-order valence-electron chi connectivity index (χ1n) is 6.64. The predicted octanol–water partition coefficient (Wildman–Crippen LogP) is 3.48. The van der Waals surface area contributed by atoms with Crippen molar-refractivity contribution in [3.05, 3.63) is 65.0 Å². The fourth-order valence-corrected chi connectivity index (χ4v) is 3.67. The van der Waals surface area contributed by atoms with Gasteiger partial charge in [0.25, 0.3) is 0 Å². The Labute approximate surface area is 124 Å². The van der Waals surface area contributed by atoms with E-state index in [-0.39, 0.29) is 10.7 Å². The second-order valence-electron chi connectivity index (χ2n) is 5.16. The highest BCUT2D eigenvalue weighted by atomic mass is 32.2. The lowest BCUT2D eigenvalue weighted by Gasteiger charge is -2.16. The van der Waals surface area contributed by atoms with E-state index in [2.05, 4.69) is 4.72 Å². The molecular formula is C16H18FNO2S. The number of rotatable bonds is 4. The van der Waals surface area contributed by atoms with E-state index in [0.717, 1.165) is 5.56 Å². The Morgan fingerprint density at radius 3 is 2.29 bits per heavy atom. The lowest BCUT2D eigenvalue weighted by Crippen LogP contribution is -2.27. The molecule has 0 aliphatic heterocycles. The molecule has 1 N–H and O–H groups in total. The van der Waals surface area contributed by atoms with E-state index in [4.69, 9.17) is 0 Å². The summed E-state index contributed by atoms with van der Waals surface area (Å²) in [6, 6.07) is 10.7. The topological polar surface area (TPSA) is 46.2 Å². The second kappa shape index (κ2) is 5.95. The maximum absolute atomic E-state index is 12.9. The zero-order valence-electron chi connectivity index (χ0n) is 12.2. The zero-order valence-corrected chi connectivity index (χ0v) is 13.0. The van der Waals surface area contributed by atoms with Crippen LogP contribution in [0.2, 0.25) is 0 Å². The molecule has 112 valence electrons. The van der Waals surface area contributed by atoms with Gasteiger partial charge in [-0.25, -0.2) is 17.5 Å². The van der Waals surface area contributed by atoms with E-state index in [9.17, 15) is 12.8 Å². The van der Waals surface area contributed by atoms with E-state index in [0.29, 0.717) is 11.1 Å². The third kappa shape index (κ3) is 3.68. The van der Waals surface area contributed by atoms with E-state index in [1.807, 2.05) is 13.0 Å².